The standard InChI is InChI=1S/C44H88NO8P/c1-6-8-10-12-14-15-16-17-18-19-20-21-22-23-24-25-26-27-28-29-31-32-34-36-43(46)50-40-42(41-52-54(48,49)51-39-38-45(3,4)5)53-44(47)37-35-33-30-13-11-9-7-2/h42H,6-41H2,1-5H3/p+1/t42-/m0/s1. The lowest BCUT2D eigenvalue weighted by Crippen LogP contribution is -2.37. The Hall–Kier alpha value is -0.990. The molecule has 10 heteroatoms. The van der Waals surface area contributed by atoms with E-state index in [0.29, 0.717) is 23.9 Å². The van der Waals surface area contributed by atoms with E-state index in [0.717, 1.165) is 38.5 Å². The molecule has 1 unspecified atom stereocenters. The van der Waals surface area contributed by atoms with E-state index >= 15 is 0 Å². The summed E-state index contributed by atoms with van der Waals surface area (Å²) in [7, 11) is 1.49. The van der Waals surface area contributed by atoms with E-state index in [1.54, 1.807) is 0 Å². The molecule has 0 aromatic heterocycles. The van der Waals surface area contributed by atoms with Gasteiger partial charge in [0.05, 0.1) is 27.7 Å². The average molecular weight is 791 g/mol. The van der Waals surface area contributed by atoms with E-state index in [9.17, 15) is 19.0 Å². The fourth-order valence-electron chi connectivity index (χ4n) is 6.54. The second kappa shape index (κ2) is 37.6. The van der Waals surface area contributed by atoms with Gasteiger partial charge in [-0.2, -0.15) is 0 Å². The lowest BCUT2D eigenvalue weighted by atomic mass is 10.0. The molecular weight excluding hydrogens is 701 g/mol. The van der Waals surface area contributed by atoms with Gasteiger partial charge in [0, 0.05) is 12.8 Å². The highest BCUT2D eigenvalue weighted by Gasteiger charge is 2.27. The Kier molecular flexibility index (Phi) is 36.9. The summed E-state index contributed by atoms with van der Waals surface area (Å²) in [5.74, 6) is -0.792. The molecular formula is C44H89NO8P+. The second-order valence-electron chi connectivity index (χ2n) is 16.8. The number of carbonyl (C=O) groups excluding carboxylic acids is 2. The third-order valence-electron chi connectivity index (χ3n) is 10.1. The van der Waals surface area contributed by atoms with Crippen LogP contribution < -0.4 is 0 Å². The van der Waals surface area contributed by atoms with Crippen molar-refractivity contribution < 1.29 is 42.1 Å². The van der Waals surface area contributed by atoms with Crippen LogP contribution in [0.25, 0.3) is 0 Å². The van der Waals surface area contributed by atoms with Gasteiger partial charge in [-0.05, 0) is 12.8 Å². The zero-order valence-electron chi connectivity index (χ0n) is 36.2. The molecule has 0 bridgehead atoms. The van der Waals surface area contributed by atoms with Crippen LogP contribution in [0.5, 0.6) is 0 Å². The first-order valence-corrected chi connectivity index (χ1v) is 24.3. The summed E-state index contributed by atoms with van der Waals surface area (Å²) >= 11 is 0. The first-order valence-electron chi connectivity index (χ1n) is 22.8. The molecule has 322 valence electrons. The van der Waals surface area contributed by atoms with Gasteiger partial charge >= 0.3 is 19.8 Å². The number of hydrogen-bond acceptors (Lipinski definition) is 7. The summed E-state index contributed by atoms with van der Waals surface area (Å²) < 4.78 is 34.2. The number of phosphoric ester groups is 1. The summed E-state index contributed by atoms with van der Waals surface area (Å²) in [5.41, 5.74) is 0. The molecule has 0 saturated carbocycles. The third-order valence-corrected chi connectivity index (χ3v) is 11.1. The van der Waals surface area contributed by atoms with Gasteiger partial charge in [0.2, 0.25) is 0 Å². The Morgan fingerprint density at radius 1 is 0.500 bits per heavy atom. The van der Waals surface area contributed by atoms with Gasteiger partial charge in [-0.1, -0.05) is 194 Å². The van der Waals surface area contributed by atoms with Crippen LogP contribution in [0.15, 0.2) is 0 Å². The monoisotopic (exact) mass is 791 g/mol. The maximum Gasteiger partial charge on any atom is 0.472 e. The second-order valence-corrected chi connectivity index (χ2v) is 18.3. The molecule has 0 aliphatic carbocycles. The molecule has 0 fully saturated rings. The zero-order chi connectivity index (χ0) is 40.0. The van der Waals surface area contributed by atoms with Crippen LogP contribution in [0.4, 0.5) is 0 Å². The highest BCUT2D eigenvalue weighted by molar-refractivity contribution is 7.47. The normalized spacial score (nSPS) is 13.5. The number of quaternary nitrogens is 1. The van der Waals surface area contributed by atoms with E-state index in [2.05, 4.69) is 13.8 Å². The summed E-state index contributed by atoms with van der Waals surface area (Å²) in [5, 5.41) is 0. The summed E-state index contributed by atoms with van der Waals surface area (Å²) in [4.78, 5) is 35.1. The lowest BCUT2D eigenvalue weighted by molar-refractivity contribution is -0.870. The molecule has 0 heterocycles. The number of likely N-dealkylation sites (N-methyl/N-ethyl adjacent to an activating group) is 1. The van der Waals surface area contributed by atoms with E-state index in [1.807, 2.05) is 21.1 Å². The SMILES string of the molecule is CCCCCCCCCCCCCCCCCCCCCCCCCC(=O)OC[C@@H](COP(=O)(O)OCC[N+](C)(C)C)OC(=O)CCCCCCCCC. The molecule has 0 aliphatic heterocycles. The van der Waals surface area contributed by atoms with E-state index in [-0.39, 0.29) is 25.6 Å². The van der Waals surface area contributed by atoms with E-state index in [1.165, 1.54) is 148 Å². The number of unbranched alkanes of at least 4 members (excludes halogenated alkanes) is 28. The molecule has 0 spiro atoms. The first kappa shape index (κ1) is 53.0. The van der Waals surface area contributed by atoms with E-state index in [4.69, 9.17) is 18.5 Å². The number of phosphoric acid groups is 1. The Morgan fingerprint density at radius 2 is 0.833 bits per heavy atom. The van der Waals surface area contributed by atoms with Crippen molar-refractivity contribution >= 4 is 19.8 Å². The maximum atomic E-state index is 12.5. The summed E-state index contributed by atoms with van der Waals surface area (Å²) in [6.07, 6.45) is 37.6. The van der Waals surface area contributed by atoms with Gasteiger partial charge in [0.15, 0.2) is 6.10 Å². The van der Waals surface area contributed by atoms with Gasteiger partial charge < -0.3 is 18.9 Å². The minimum absolute atomic E-state index is 0.0362. The molecule has 0 aromatic rings. The Balaban J connectivity index is 4.04. The fourth-order valence-corrected chi connectivity index (χ4v) is 7.29. The largest absolute Gasteiger partial charge is 0.472 e. The van der Waals surface area contributed by atoms with Crippen LogP contribution in [0.1, 0.15) is 219 Å². The molecule has 2 atom stereocenters. The smallest absolute Gasteiger partial charge is 0.462 e. The number of rotatable bonds is 42. The van der Waals surface area contributed by atoms with Gasteiger partial charge in [-0.3, -0.25) is 18.6 Å². The summed E-state index contributed by atoms with van der Waals surface area (Å²) in [6, 6.07) is 0. The molecule has 0 radical (unpaired) electrons. The van der Waals surface area contributed by atoms with E-state index < -0.39 is 26.5 Å². The number of esters is 2. The molecule has 0 rings (SSSR count). The van der Waals surface area contributed by atoms with Crippen LogP contribution in [0.2, 0.25) is 0 Å². The number of ether oxygens (including phenoxy) is 2. The van der Waals surface area contributed by atoms with Gasteiger partial charge in [0.25, 0.3) is 0 Å². The third kappa shape index (κ3) is 40.7. The van der Waals surface area contributed by atoms with Crippen LogP contribution in [0, 0.1) is 0 Å². The van der Waals surface area contributed by atoms with Crippen molar-refractivity contribution in [2.75, 3.05) is 47.5 Å². The minimum atomic E-state index is -4.36. The van der Waals surface area contributed by atoms with Crippen molar-refractivity contribution in [2.24, 2.45) is 0 Å². The summed E-state index contributed by atoms with van der Waals surface area (Å²) in [6.45, 7) is 4.40. The number of hydrogen-bond donors (Lipinski definition) is 1. The van der Waals surface area contributed by atoms with Crippen LogP contribution in [-0.2, 0) is 32.7 Å². The van der Waals surface area contributed by atoms with Crippen LogP contribution in [0.3, 0.4) is 0 Å². The predicted molar refractivity (Wildman–Crippen MR) is 225 cm³/mol. The molecule has 0 saturated heterocycles. The van der Waals surface area contributed by atoms with Crippen molar-refractivity contribution in [3.05, 3.63) is 0 Å². The highest BCUT2D eigenvalue weighted by atomic mass is 31.2. The maximum absolute atomic E-state index is 12.5. The van der Waals surface area contributed by atoms with Gasteiger partial charge in [-0.25, -0.2) is 4.57 Å². The Labute approximate surface area is 334 Å². The van der Waals surface area contributed by atoms with Crippen molar-refractivity contribution in [1.29, 1.82) is 0 Å². The Morgan fingerprint density at radius 3 is 1.19 bits per heavy atom. The topological polar surface area (TPSA) is 108 Å². The molecule has 0 amide bonds. The molecule has 0 aromatic carbocycles. The minimum Gasteiger partial charge on any atom is -0.462 e. The number of nitrogens with zero attached hydrogens (tertiary/aromatic N) is 1. The first-order chi connectivity index (χ1) is 26.0. The highest BCUT2D eigenvalue weighted by Crippen LogP contribution is 2.43. The quantitative estimate of drug-likeness (QED) is 0.0282. The average Bonchev–Trinajstić information content (AvgIpc) is 3.12. The van der Waals surface area contributed by atoms with Gasteiger partial charge in [0.1, 0.15) is 19.8 Å². The van der Waals surface area contributed by atoms with Crippen LogP contribution >= 0.6 is 7.82 Å². The van der Waals surface area contributed by atoms with Crippen molar-refractivity contribution in [2.45, 2.75) is 225 Å². The van der Waals surface area contributed by atoms with Crippen molar-refractivity contribution in [3.63, 3.8) is 0 Å². The zero-order valence-corrected chi connectivity index (χ0v) is 37.1. The molecule has 0 aliphatic rings. The molecule has 1 N–H and O–H groups in total. The van der Waals surface area contributed by atoms with Crippen molar-refractivity contribution in [3.8, 4) is 0 Å². The van der Waals surface area contributed by atoms with Crippen molar-refractivity contribution in [1.82, 2.24) is 0 Å². The molecule has 54 heavy (non-hydrogen) atoms. The predicted octanol–water partition coefficient (Wildman–Crippen LogP) is 12.8. The lowest BCUT2D eigenvalue weighted by Gasteiger charge is -2.24. The van der Waals surface area contributed by atoms with Gasteiger partial charge in [-0.15, -0.1) is 0 Å². The molecule has 9 nitrogen and oxygen atoms in total. The van der Waals surface area contributed by atoms with Crippen LogP contribution in [-0.4, -0.2) is 74.9 Å². The fraction of sp³-hybridized carbons (Fsp3) is 0.955. The number of carbonyl (C=O) groups is 2. The Bertz CT molecular complexity index is 896.